The van der Waals surface area contributed by atoms with E-state index in [1.165, 1.54) is 0 Å². The van der Waals surface area contributed by atoms with Gasteiger partial charge in [-0.05, 0) is 59.3 Å². The number of aliphatic imine (C=N–C) groups is 1. The SMILES string of the molecule is CCNC(=NCc1c(CC)noc1CC)NCCC1CCCN(C(=O)OC(C)(C)C)C1.I. The van der Waals surface area contributed by atoms with Crippen LogP contribution in [0.2, 0.25) is 0 Å². The second-order valence-corrected chi connectivity index (χ2v) is 9.08. The van der Waals surface area contributed by atoms with E-state index in [9.17, 15) is 4.79 Å². The molecule has 0 radical (unpaired) electrons. The van der Waals surface area contributed by atoms with Crippen LogP contribution in [0.1, 0.15) is 77.8 Å². The van der Waals surface area contributed by atoms with Gasteiger partial charge in [-0.3, -0.25) is 0 Å². The third-order valence-corrected chi connectivity index (χ3v) is 5.36. The fraction of sp³-hybridized carbons (Fsp3) is 0.783. The van der Waals surface area contributed by atoms with Gasteiger partial charge in [0.2, 0.25) is 0 Å². The molecule has 32 heavy (non-hydrogen) atoms. The lowest BCUT2D eigenvalue weighted by molar-refractivity contribution is 0.0162. The van der Waals surface area contributed by atoms with E-state index in [2.05, 4.69) is 36.6 Å². The number of hydrogen-bond donors (Lipinski definition) is 2. The monoisotopic (exact) mass is 563 g/mol. The number of carbonyl (C=O) groups is 1. The van der Waals surface area contributed by atoms with Crippen molar-refractivity contribution in [1.29, 1.82) is 0 Å². The zero-order chi connectivity index (χ0) is 22.9. The molecule has 2 N–H and O–H groups in total. The van der Waals surface area contributed by atoms with Crippen molar-refractivity contribution in [2.45, 2.75) is 85.8 Å². The highest BCUT2D eigenvalue weighted by atomic mass is 127. The van der Waals surface area contributed by atoms with Crippen LogP contribution in [-0.4, -0.2) is 53.9 Å². The van der Waals surface area contributed by atoms with Gasteiger partial charge in [-0.2, -0.15) is 0 Å². The molecule has 1 fully saturated rings. The van der Waals surface area contributed by atoms with Gasteiger partial charge in [-0.25, -0.2) is 9.79 Å². The maximum Gasteiger partial charge on any atom is 0.410 e. The molecule has 1 aromatic rings. The number of amides is 1. The smallest absolute Gasteiger partial charge is 0.410 e. The first-order valence-corrected chi connectivity index (χ1v) is 11.7. The molecule has 2 heterocycles. The standard InChI is InChI=1S/C23H41N5O3.HI/c1-7-19-18(20(8-2)31-27-19)15-26-21(24-9-3)25-13-12-17-11-10-14-28(16-17)22(29)30-23(4,5)6;/h17H,7-16H2,1-6H3,(H2,24,25,26);1H. The van der Waals surface area contributed by atoms with E-state index in [1.807, 2.05) is 25.7 Å². The van der Waals surface area contributed by atoms with Crippen LogP contribution in [0.4, 0.5) is 4.79 Å². The third-order valence-electron chi connectivity index (χ3n) is 5.36. The molecule has 0 aromatic carbocycles. The molecule has 0 aliphatic carbocycles. The predicted molar refractivity (Wildman–Crippen MR) is 139 cm³/mol. The molecule has 1 amide bonds. The summed E-state index contributed by atoms with van der Waals surface area (Å²) in [5.74, 6) is 2.18. The number of likely N-dealkylation sites (tertiary alicyclic amines) is 1. The molecule has 1 aliphatic heterocycles. The largest absolute Gasteiger partial charge is 0.444 e. The van der Waals surface area contributed by atoms with Gasteiger partial charge in [0.05, 0.1) is 12.2 Å². The Morgan fingerprint density at radius 1 is 1.25 bits per heavy atom. The van der Waals surface area contributed by atoms with Gasteiger partial charge in [-0.15, -0.1) is 24.0 Å². The van der Waals surface area contributed by atoms with Gasteiger partial charge >= 0.3 is 6.09 Å². The summed E-state index contributed by atoms with van der Waals surface area (Å²) in [5.41, 5.74) is 1.63. The van der Waals surface area contributed by atoms with E-state index in [0.29, 0.717) is 12.5 Å². The number of aryl methyl sites for hydroxylation is 2. The first kappa shape index (κ1) is 28.5. The maximum atomic E-state index is 12.4. The van der Waals surface area contributed by atoms with Gasteiger partial charge in [0.25, 0.3) is 0 Å². The molecule has 1 aromatic heterocycles. The summed E-state index contributed by atoms with van der Waals surface area (Å²) in [4.78, 5) is 19.0. The van der Waals surface area contributed by atoms with Gasteiger partial charge in [0.1, 0.15) is 11.4 Å². The number of aromatic nitrogens is 1. The van der Waals surface area contributed by atoms with Crippen molar-refractivity contribution in [3.63, 3.8) is 0 Å². The Bertz CT molecular complexity index is 708. The van der Waals surface area contributed by atoms with Gasteiger partial charge in [0.15, 0.2) is 5.96 Å². The first-order valence-electron chi connectivity index (χ1n) is 11.7. The fourth-order valence-corrected chi connectivity index (χ4v) is 3.80. The number of hydrogen-bond acceptors (Lipinski definition) is 5. The summed E-state index contributed by atoms with van der Waals surface area (Å²) in [7, 11) is 0. The Morgan fingerprint density at radius 3 is 2.62 bits per heavy atom. The molecule has 1 aliphatic rings. The highest BCUT2D eigenvalue weighted by Gasteiger charge is 2.27. The fourth-order valence-electron chi connectivity index (χ4n) is 3.80. The van der Waals surface area contributed by atoms with Crippen molar-refractivity contribution in [2.24, 2.45) is 10.9 Å². The number of rotatable bonds is 8. The van der Waals surface area contributed by atoms with Crippen LogP contribution in [0.5, 0.6) is 0 Å². The van der Waals surface area contributed by atoms with Crippen LogP contribution in [0.15, 0.2) is 9.52 Å². The highest BCUT2D eigenvalue weighted by Crippen LogP contribution is 2.21. The minimum absolute atomic E-state index is 0. The van der Waals surface area contributed by atoms with Gasteiger partial charge in [0, 0.05) is 38.2 Å². The minimum Gasteiger partial charge on any atom is -0.444 e. The topological polar surface area (TPSA) is 92.0 Å². The third kappa shape index (κ3) is 9.15. The van der Waals surface area contributed by atoms with Crippen LogP contribution in [0.25, 0.3) is 0 Å². The van der Waals surface area contributed by atoms with Crippen molar-refractivity contribution in [1.82, 2.24) is 20.7 Å². The molecule has 8 nitrogen and oxygen atoms in total. The Labute approximate surface area is 210 Å². The lowest BCUT2D eigenvalue weighted by Crippen LogP contribution is -2.44. The first-order chi connectivity index (χ1) is 14.8. The highest BCUT2D eigenvalue weighted by molar-refractivity contribution is 14.0. The number of piperidine rings is 1. The van der Waals surface area contributed by atoms with Crippen LogP contribution < -0.4 is 10.6 Å². The van der Waals surface area contributed by atoms with E-state index >= 15 is 0 Å². The molecule has 0 bridgehead atoms. The Hall–Kier alpha value is -1.52. The molecule has 0 spiro atoms. The summed E-state index contributed by atoms with van der Waals surface area (Å²) in [6, 6.07) is 0. The van der Waals surface area contributed by atoms with E-state index < -0.39 is 5.60 Å². The van der Waals surface area contributed by atoms with Gasteiger partial charge in [-0.1, -0.05) is 19.0 Å². The molecule has 184 valence electrons. The molecule has 1 atom stereocenters. The Balaban J connectivity index is 0.00000512. The van der Waals surface area contributed by atoms with Crippen LogP contribution in [-0.2, 0) is 24.1 Å². The van der Waals surface area contributed by atoms with E-state index in [0.717, 1.165) is 81.3 Å². The number of guanidine groups is 1. The quantitative estimate of drug-likeness (QED) is 0.275. The molecular formula is C23H42IN5O3. The summed E-state index contributed by atoms with van der Waals surface area (Å²) in [5, 5.41) is 10.9. The molecule has 0 saturated carbocycles. The van der Waals surface area contributed by atoms with Crippen molar-refractivity contribution < 1.29 is 14.1 Å². The molecule has 9 heteroatoms. The second-order valence-electron chi connectivity index (χ2n) is 9.08. The molecule has 2 rings (SSSR count). The van der Waals surface area contributed by atoms with Crippen LogP contribution >= 0.6 is 24.0 Å². The number of halogens is 1. The number of ether oxygens (including phenoxy) is 1. The lowest BCUT2D eigenvalue weighted by Gasteiger charge is -2.34. The van der Waals surface area contributed by atoms with Crippen molar-refractivity contribution >= 4 is 36.0 Å². The number of nitrogens with zero attached hydrogens (tertiary/aromatic N) is 3. The summed E-state index contributed by atoms with van der Waals surface area (Å²) >= 11 is 0. The maximum absolute atomic E-state index is 12.4. The number of carbonyl (C=O) groups excluding carboxylic acids is 1. The second kappa shape index (κ2) is 13.9. The summed E-state index contributed by atoms with van der Waals surface area (Å²) in [6.07, 6.45) is 4.59. The van der Waals surface area contributed by atoms with Crippen LogP contribution in [0.3, 0.4) is 0 Å². The molecular weight excluding hydrogens is 521 g/mol. The van der Waals surface area contributed by atoms with E-state index in [1.54, 1.807) is 0 Å². The Morgan fingerprint density at radius 2 is 2.00 bits per heavy atom. The molecule has 1 unspecified atom stereocenters. The summed E-state index contributed by atoms with van der Waals surface area (Å²) < 4.78 is 11.0. The summed E-state index contributed by atoms with van der Waals surface area (Å²) in [6.45, 7) is 15.6. The number of nitrogens with one attached hydrogen (secondary N) is 2. The van der Waals surface area contributed by atoms with Crippen molar-refractivity contribution in [3.05, 3.63) is 17.0 Å². The van der Waals surface area contributed by atoms with E-state index in [4.69, 9.17) is 14.3 Å². The van der Waals surface area contributed by atoms with Crippen molar-refractivity contribution in [3.8, 4) is 0 Å². The van der Waals surface area contributed by atoms with Crippen LogP contribution in [0, 0.1) is 5.92 Å². The Kier molecular flexibility index (Phi) is 12.4. The lowest BCUT2D eigenvalue weighted by atomic mass is 9.95. The zero-order valence-corrected chi connectivity index (χ0v) is 23.0. The molecule has 1 saturated heterocycles. The van der Waals surface area contributed by atoms with E-state index in [-0.39, 0.29) is 30.1 Å². The average molecular weight is 564 g/mol. The predicted octanol–water partition coefficient (Wildman–Crippen LogP) is 4.51. The average Bonchev–Trinajstić information content (AvgIpc) is 3.13. The van der Waals surface area contributed by atoms with Crippen molar-refractivity contribution in [2.75, 3.05) is 26.2 Å². The van der Waals surface area contributed by atoms with Gasteiger partial charge < -0.3 is 24.8 Å². The zero-order valence-electron chi connectivity index (χ0n) is 20.6. The normalized spacial score (nSPS) is 17.0. The minimum atomic E-state index is -0.456.